The molecule has 0 N–H and O–H groups in total. The summed E-state index contributed by atoms with van der Waals surface area (Å²) >= 11 is 9.99. The largest absolute Gasteiger partial charge is 0.738 e. The fraction of sp³-hybridized carbons (Fsp3) is 0.0625. The van der Waals surface area contributed by atoms with Crippen LogP contribution in [0, 0.1) is 0 Å². The van der Waals surface area contributed by atoms with E-state index in [4.69, 9.17) is 4.74 Å². The normalized spacial score (nSPS) is 17.8. The molecule has 2 aromatic rings. The number of halogens is 5. The van der Waals surface area contributed by atoms with Gasteiger partial charge in [-0.1, -0.05) is 6.07 Å². The van der Waals surface area contributed by atoms with Gasteiger partial charge in [-0.15, -0.1) is 0 Å². The van der Waals surface area contributed by atoms with Crippen LogP contribution in [0.15, 0.2) is 57.3 Å². The zero-order chi connectivity index (χ0) is 17.9. The van der Waals surface area contributed by atoms with Crippen molar-refractivity contribution in [1.82, 2.24) is 4.48 Å². The Hall–Kier alpha value is -1.19. The fourth-order valence-electron chi connectivity index (χ4n) is 3.25. The molecule has 2 aliphatic heterocycles. The Bertz CT molecular complexity index is 1010. The first-order valence-electron chi connectivity index (χ1n) is 7.34. The van der Waals surface area contributed by atoms with Gasteiger partial charge in [-0.05, 0) is 61.7 Å². The quantitative estimate of drug-likeness (QED) is 0.472. The fourth-order valence-corrected chi connectivity index (χ4v) is 4.93. The van der Waals surface area contributed by atoms with Crippen LogP contribution in [0.2, 0.25) is 0 Å². The number of aromatic nitrogens is 1. The van der Waals surface area contributed by atoms with Gasteiger partial charge in [-0.2, -0.15) is 0 Å². The molecule has 0 saturated heterocycles. The lowest BCUT2D eigenvalue weighted by atomic mass is 9.86. The monoisotopic (exact) mass is 532 g/mol. The van der Waals surface area contributed by atoms with Crippen LogP contribution in [0.3, 0.4) is 0 Å². The molecule has 0 unspecified atom stereocenters. The molecule has 4 rings (SSSR count). The molecule has 0 saturated carbocycles. The number of hydrogen-bond donors (Lipinski definition) is 0. The Labute approximate surface area is 168 Å². The summed E-state index contributed by atoms with van der Waals surface area (Å²) in [6, 6.07) is 8.91. The zero-order valence-electron chi connectivity index (χ0n) is 12.8. The highest BCUT2D eigenvalue weighted by Gasteiger charge is 2.54. The summed E-state index contributed by atoms with van der Waals surface area (Å²) < 4.78 is 39.1. The average Bonchev–Trinajstić information content (AvgIpc) is 3.13. The van der Waals surface area contributed by atoms with Gasteiger partial charge >= 0.3 is 6.97 Å². The van der Waals surface area contributed by atoms with Crippen LogP contribution < -0.4 is 4.74 Å². The standard InChI is InChI=1S/C16H10BBr3F2N2O/c1-25-13-5-2-9(8-10(13)18)16-11-3-6-14(19)23(11)17(21,22)24-12(16)4-7-15(24)20/h2-8H,1H3. The maximum Gasteiger partial charge on any atom is 0.738 e. The van der Waals surface area contributed by atoms with Crippen molar-refractivity contribution in [2.45, 2.75) is 0 Å². The van der Waals surface area contributed by atoms with Crippen LogP contribution in [-0.4, -0.2) is 27.7 Å². The molecule has 3 heterocycles. The lowest BCUT2D eigenvalue weighted by Crippen LogP contribution is -2.50. The molecule has 0 aliphatic carbocycles. The Morgan fingerprint density at radius 3 is 2.52 bits per heavy atom. The summed E-state index contributed by atoms with van der Waals surface area (Å²) in [4.78, 5) is 0. The molecule has 9 heteroatoms. The number of ether oxygens (including phenoxy) is 1. The zero-order valence-corrected chi connectivity index (χ0v) is 17.6. The van der Waals surface area contributed by atoms with Crippen molar-refractivity contribution >= 4 is 65.0 Å². The summed E-state index contributed by atoms with van der Waals surface area (Å²) in [7, 11) is 1.58. The predicted octanol–water partition coefficient (Wildman–Crippen LogP) is 5.39. The Morgan fingerprint density at radius 1 is 1.08 bits per heavy atom. The molecule has 0 bridgehead atoms. The number of benzene rings is 1. The Balaban J connectivity index is 2.06. The molecule has 2 aliphatic rings. The summed E-state index contributed by atoms with van der Waals surface area (Å²) in [6.07, 6.45) is 3.35. The van der Waals surface area contributed by atoms with Crippen molar-refractivity contribution in [2.24, 2.45) is 0 Å². The van der Waals surface area contributed by atoms with E-state index in [2.05, 4.69) is 47.8 Å². The van der Waals surface area contributed by atoms with Crippen molar-refractivity contribution in [2.75, 3.05) is 7.11 Å². The minimum atomic E-state index is -4.00. The number of rotatable bonds is 2. The minimum Gasteiger partial charge on any atom is -0.496 e. The predicted molar refractivity (Wildman–Crippen MR) is 106 cm³/mol. The van der Waals surface area contributed by atoms with Crippen molar-refractivity contribution in [3.05, 3.63) is 68.5 Å². The minimum absolute atomic E-state index is 0.337. The number of methoxy groups -OCH3 is 1. The van der Waals surface area contributed by atoms with Crippen molar-refractivity contribution in [3.63, 3.8) is 0 Å². The van der Waals surface area contributed by atoms with E-state index < -0.39 is 6.97 Å². The summed E-state index contributed by atoms with van der Waals surface area (Å²) in [5, 5.41) is 0. The van der Waals surface area contributed by atoms with Gasteiger partial charge in [-0.25, -0.2) is 0 Å². The smallest absolute Gasteiger partial charge is 0.496 e. The lowest BCUT2D eigenvalue weighted by Gasteiger charge is -2.32. The van der Waals surface area contributed by atoms with Gasteiger partial charge in [-0.3, -0.25) is 0 Å². The van der Waals surface area contributed by atoms with Crippen molar-refractivity contribution in [3.8, 4) is 5.75 Å². The number of allylic oxidation sites excluding steroid dienone is 2. The van der Waals surface area contributed by atoms with Gasteiger partial charge in [0, 0.05) is 33.8 Å². The molecule has 0 amide bonds. The third-order valence-corrected chi connectivity index (χ3v) is 6.22. The van der Waals surface area contributed by atoms with Gasteiger partial charge in [0.15, 0.2) is 5.70 Å². The van der Waals surface area contributed by atoms with E-state index in [0.717, 1.165) is 24.6 Å². The molecule has 128 valence electrons. The molecule has 0 radical (unpaired) electrons. The molecule has 0 fully saturated rings. The maximum atomic E-state index is 15.2. The van der Waals surface area contributed by atoms with Crippen LogP contribution in [0.1, 0.15) is 11.3 Å². The Kier molecular flexibility index (Phi) is 4.08. The van der Waals surface area contributed by atoms with Gasteiger partial charge in [0.2, 0.25) is 4.62 Å². The van der Waals surface area contributed by atoms with E-state index >= 15 is 8.63 Å². The van der Waals surface area contributed by atoms with E-state index in [1.165, 1.54) is 0 Å². The summed E-state index contributed by atoms with van der Waals surface area (Å²) in [5.74, 6) is 0.683. The van der Waals surface area contributed by atoms with E-state index in [-0.39, 0.29) is 0 Å². The topological polar surface area (TPSA) is 17.2 Å². The highest BCUT2D eigenvalue weighted by Crippen LogP contribution is 2.43. The average molecular weight is 535 g/mol. The number of nitrogens with zero attached hydrogens (tertiary/aromatic N) is 2. The van der Waals surface area contributed by atoms with Gasteiger partial charge < -0.3 is 22.3 Å². The highest BCUT2D eigenvalue weighted by molar-refractivity contribution is 9.18. The SMILES string of the molecule is COc1ccc(C2=C3C=CC(Br)=[N+]3[B-](F)(F)n3c(Br)ccc32)cc1Br. The first kappa shape index (κ1) is 17.2. The molecule has 0 atom stereocenters. The van der Waals surface area contributed by atoms with Gasteiger partial charge in [0.05, 0.1) is 21.8 Å². The summed E-state index contributed by atoms with van der Waals surface area (Å²) in [5.41, 5.74) is 2.48. The van der Waals surface area contributed by atoms with E-state index in [9.17, 15) is 0 Å². The first-order chi connectivity index (χ1) is 11.9. The van der Waals surface area contributed by atoms with Crippen LogP contribution >= 0.6 is 47.8 Å². The van der Waals surface area contributed by atoms with Crippen LogP contribution in [0.4, 0.5) is 8.63 Å². The maximum absolute atomic E-state index is 15.2. The molecule has 1 aromatic heterocycles. The van der Waals surface area contributed by atoms with Crippen LogP contribution in [0.25, 0.3) is 5.57 Å². The van der Waals surface area contributed by atoms with Crippen LogP contribution in [0.5, 0.6) is 5.75 Å². The van der Waals surface area contributed by atoms with Crippen LogP contribution in [-0.2, 0) is 0 Å². The molecular formula is C16H10BBr3F2N2O. The highest BCUT2D eigenvalue weighted by atomic mass is 79.9. The Morgan fingerprint density at radius 2 is 1.84 bits per heavy atom. The van der Waals surface area contributed by atoms with E-state index in [0.29, 0.717) is 26.4 Å². The summed E-state index contributed by atoms with van der Waals surface area (Å²) in [6.45, 7) is -4.00. The van der Waals surface area contributed by atoms with Crippen molar-refractivity contribution in [1.29, 1.82) is 0 Å². The molecule has 3 nitrogen and oxygen atoms in total. The second-order valence-electron chi connectivity index (χ2n) is 5.64. The third kappa shape index (κ3) is 2.43. The number of fused-ring (bicyclic) bond motifs is 2. The lowest BCUT2D eigenvalue weighted by molar-refractivity contribution is -0.358. The van der Waals surface area contributed by atoms with Crippen molar-refractivity contribution < 1.29 is 17.9 Å². The van der Waals surface area contributed by atoms with Gasteiger partial charge in [0.25, 0.3) is 0 Å². The van der Waals surface area contributed by atoms with E-state index in [1.54, 1.807) is 31.4 Å². The third-order valence-electron chi connectivity index (χ3n) is 4.31. The second-order valence-corrected chi connectivity index (χ2v) is 8.11. The van der Waals surface area contributed by atoms with Gasteiger partial charge in [0.1, 0.15) is 5.75 Å². The molecule has 1 aromatic carbocycles. The molecule has 0 spiro atoms. The first-order valence-corrected chi connectivity index (χ1v) is 9.71. The van der Waals surface area contributed by atoms with E-state index in [1.807, 2.05) is 18.2 Å². The molecular weight excluding hydrogens is 525 g/mol. The second kappa shape index (κ2) is 5.92. The molecule has 25 heavy (non-hydrogen) atoms. The number of hydrogen-bond acceptors (Lipinski definition) is 1.